The molecule has 1 fully saturated rings. The predicted octanol–water partition coefficient (Wildman–Crippen LogP) is 3.74. The number of nitriles is 1. The maximum absolute atomic E-state index is 13.6. The third-order valence-electron chi connectivity index (χ3n) is 5.88. The number of fused-ring (bicyclic) bond motifs is 1. The molecule has 5 rings (SSSR count). The number of carbonyl (C=O) groups excluding carboxylic acids is 1. The van der Waals surface area contributed by atoms with E-state index in [9.17, 15) is 23.1 Å². The van der Waals surface area contributed by atoms with E-state index < -0.39 is 18.0 Å². The molecule has 1 saturated heterocycles. The van der Waals surface area contributed by atoms with E-state index in [4.69, 9.17) is 16.9 Å². The molecule has 37 heavy (non-hydrogen) atoms. The Balaban J connectivity index is 1.46. The van der Waals surface area contributed by atoms with Crippen LogP contribution in [0.3, 0.4) is 0 Å². The van der Waals surface area contributed by atoms with E-state index >= 15 is 0 Å². The smallest absolute Gasteiger partial charge is 0.391 e. The number of halogens is 4. The molecule has 0 radical (unpaired) electrons. The third-order valence-corrected chi connectivity index (χ3v) is 6.19. The van der Waals surface area contributed by atoms with Gasteiger partial charge in [-0.25, -0.2) is 9.97 Å². The van der Waals surface area contributed by atoms with Crippen LogP contribution in [0.2, 0.25) is 5.02 Å². The van der Waals surface area contributed by atoms with Crippen molar-refractivity contribution in [2.75, 3.05) is 18.4 Å². The first-order valence-corrected chi connectivity index (χ1v) is 11.4. The van der Waals surface area contributed by atoms with E-state index in [1.165, 1.54) is 34.0 Å². The summed E-state index contributed by atoms with van der Waals surface area (Å²) in [6.07, 6.45) is 0.492. The first-order chi connectivity index (χ1) is 17.7. The summed E-state index contributed by atoms with van der Waals surface area (Å²) >= 11 is 6.37. The Kier molecular flexibility index (Phi) is 6.22. The Morgan fingerprint density at radius 3 is 2.81 bits per heavy atom. The normalized spacial score (nSPS) is 15.8. The van der Waals surface area contributed by atoms with Gasteiger partial charge >= 0.3 is 6.18 Å². The van der Waals surface area contributed by atoms with E-state index in [0.29, 0.717) is 18.7 Å². The van der Waals surface area contributed by atoms with Gasteiger partial charge < -0.3 is 15.3 Å². The van der Waals surface area contributed by atoms with Gasteiger partial charge in [0, 0.05) is 37.4 Å². The summed E-state index contributed by atoms with van der Waals surface area (Å²) in [5.74, 6) is -0.0480. The molecule has 1 aromatic carbocycles. The molecule has 1 atom stereocenters. The number of anilines is 2. The quantitative estimate of drug-likeness (QED) is 0.403. The Morgan fingerprint density at radius 1 is 1.32 bits per heavy atom. The Hall–Kier alpha value is -4.15. The van der Waals surface area contributed by atoms with Gasteiger partial charge in [-0.3, -0.25) is 13.9 Å². The number of benzene rings is 1. The number of rotatable bonds is 5. The van der Waals surface area contributed by atoms with Gasteiger partial charge in [0.25, 0.3) is 5.91 Å². The first kappa shape index (κ1) is 24.5. The number of nitrogens with zero attached hydrogens (tertiary/aromatic N) is 7. The van der Waals surface area contributed by atoms with E-state index in [-0.39, 0.29) is 52.3 Å². The van der Waals surface area contributed by atoms with Gasteiger partial charge in [0.2, 0.25) is 0 Å². The lowest BCUT2D eigenvalue weighted by Gasteiger charge is -2.17. The number of nitrogens with one attached hydrogen (secondary N) is 1. The number of aliphatic hydroxyl groups excluding tert-OH is 1. The van der Waals surface area contributed by atoms with Crippen molar-refractivity contribution in [2.24, 2.45) is 0 Å². The molecule has 0 aliphatic carbocycles. The average Bonchev–Trinajstić information content (AvgIpc) is 3.57. The second-order valence-electron chi connectivity index (χ2n) is 8.37. The summed E-state index contributed by atoms with van der Waals surface area (Å²) in [5, 5.41) is 25.3. The molecule has 4 heterocycles. The van der Waals surface area contributed by atoms with E-state index in [1.54, 1.807) is 18.2 Å². The van der Waals surface area contributed by atoms with Crippen LogP contribution in [0.25, 0.3) is 16.9 Å². The number of carbonyl (C=O) groups is 1. The van der Waals surface area contributed by atoms with Gasteiger partial charge in [-0.15, -0.1) is 0 Å². The minimum absolute atomic E-state index is 0.115. The van der Waals surface area contributed by atoms with Crippen LogP contribution in [0.15, 0.2) is 43.0 Å². The fourth-order valence-electron chi connectivity index (χ4n) is 4.18. The first-order valence-electron chi connectivity index (χ1n) is 11.0. The van der Waals surface area contributed by atoms with Gasteiger partial charge in [-0.1, -0.05) is 11.6 Å². The number of likely N-dealkylation sites (tertiary alicyclic amines) is 1. The lowest BCUT2D eigenvalue weighted by atomic mass is 10.1. The van der Waals surface area contributed by atoms with Crippen molar-refractivity contribution in [1.82, 2.24) is 29.0 Å². The van der Waals surface area contributed by atoms with Crippen LogP contribution in [0.4, 0.5) is 24.7 Å². The number of hydrogen-bond donors (Lipinski definition) is 2. The monoisotopic (exact) mass is 530 g/mol. The molecule has 4 aromatic rings. The molecule has 0 saturated carbocycles. The second-order valence-corrected chi connectivity index (χ2v) is 8.78. The summed E-state index contributed by atoms with van der Waals surface area (Å²) in [7, 11) is 0. The molecule has 14 heteroatoms. The van der Waals surface area contributed by atoms with Crippen LogP contribution < -0.4 is 5.32 Å². The molecule has 10 nitrogen and oxygen atoms in total. The number of aromatic nitrogens is 5. The second kappa shape index (κ2) is 9.38. The summed E-state index contributed by atoms with van der Waals surface area (Å²) in [4.78, 5) is 22.7. The molecule has 1 aliphatic rings. The van der Waals surface area contributed by atoms with Gasteiger partial charge in [0.1, 0.15) is 6.54 Å². The summed E-state index contributed by atoms with van der Waals surface area (Å²) < 4.78 is 43.3. The van der Waals surface area contributed by atoms with Crippen LogP contribution in [-0.4, -0.2) is 59.3 Å². The zero-order chi connectivity index (χ0) is 26.3. The molecule has 0 spiro atoms. The Morgan fingerprint density at radius 2 is 2.14 bits per heavy atom. The van der Waals surface area contributed by atoms with E-state index in [1.807, 2.05) is 0 Å². The Bertz CT molecular complexity index is 1540. The number of β-amino-alcohol motifs (C(OH)–C–C–N with tert-alkyl or cyclic N) is 1. The highest BCUT2D eigenvalue weighted by molar-refractivity contribution is 6.34. The van der Waals surface area contributed by atoms with Crippen LogP contribution in [0.5, 0.6) is 0 Å². The number of amides is 1. The largest absolute Gasteiger partial charge is 0.435 e. The van der Waals surface area contributed by atoms with Gasteiger partial charge in [0.05, 0.1) is 40.2 Å². The highest BCUT2D eigenvalue weighted by Gasteiger charge is 2.38. The zero-order valence-electron chi connectivity index (χ0n) is 18.9. The summed E-state index contributed by atoms with van der Waals surface area (Å²) in [5.41, 5.74) is -0.251. The molecule has 0 unspecified atom stereocenters. The number of alkyl halides is 3. The minimum atomic E-state index is -4.74. The topological polar surface area (TPSA) is 124 Å². The van der Waals surface area contributed by atoms with E-state index in [2.05, 4.69) is 20.4 Å². The lowest BCUT2D eigenvalue weighted by molar-refractivity contribution is -0.141. The van der Waals surface area contributed by atoms with Crippen molar-refractivity contribution < 1.29 is 23.1 Å². The SMILES string of the molecule is N#CCn1cc(-c2cnc3c(Nc4ccc(C(=O)N5CC[C@H](O)C5)c(Cl)c4)nccn23)c(C(F)(F)F)n1. The summed E-state index contributed by atoms with van der Waals surface area (Å²) in [6.45, 7) is 0.344. The molecule has 0 bridgehead atoms. The van der Waals surface area contributed by atoms with E-state index in [0.717, 1.165) is 10.9 Å². The van der Waals surface area contributed by atoms with Crippen molar-refractivity contribution in [3.8, 4) is 17.3 Å². The third kappa shape index (κ3) is 4.68. The van der Waals surface area contributed by atoms with Gasteiger partial charge in [0.15, 0.2) is 17.2 Å². The fraction of sp³-hybridized carbons (Fsp3) is 0.261. The molecule has 190 valence electrons. The number of hydrogen-bond acceptors (Lipinski definition) is 7. The Labute approximate surface area is 212 Å². The average molecular weight is 531 g/mol. The van der Waals surface area contributed by atoms with Gasteiger partial charge in [-0.2, -0.15) is 23.5 Å². The molecular weight excluding hydrogens is 513 g/mol. The van der Waals surface area contributed by atoms with Crippen molar-refractivity contribution in [3.63, 3.8) is 0 Å². The fourth-order valence-corrected chi connectivity index (χ4v) is 4.44. The maximum Gasteiger partial charge on any atom is 0.435 e. The molecule has 3 aromatic heterocycles. The maximum atomic E-state index is 13.6. The lowest BCUT2D eigenvalue weighted by Crippen LogP contribution is -2.29. The highest BCUT2D eigenvalue weighted by atomic mass is 35.5. The molecule has 1 amide bonds. The van der Waals surface area contributed by atoms with Crippen LogP contribution in [-0.2, 0) is 12.7 Å². The van der Waals surface area contributed by atoms with Crippen molar-refractivity contribution in [2.45, 2.75) is 25.2 Å². The highest BCUT2D eigenvalue weighted by Crippen LogP contribution is 2.37. The van der Waals surface area contributed by atoms with Crippen molar-refractivity contribution in [1.29, 1.82) is 5.26 Å². The molecule has 1 aliphatic heterocycles. The van der Waals surface area contributed by atoms with Gasteiger partial charge in [-0.05, 0) is 24.6 Å². The van der Waals surface area contributed by atoms with Crippen LogP contribution >= 0.6 is 11.6 Å². The summed E-state index contributed by atoms with van der Waals surface area (Å²) in [6, 6.07) is 6.47. The van der Waals surface area contributed by atoms with Crippen LogP contribution in [0, 0.1) is 11.3 Å². The van der Waals surface area contributed by atoms with Crippen molar-refractivity contribution in [3.05, 3.63) is 59.3 Å². The number of imidazole rings is 1. The van der Waals surface area contributed by atoms with Crippen molar-refractivity contribution >= 4 is 34.7 Å². The standard InChI is InChI=1S/C23H18ClF3N8O2/c24-17-9-13(1-2-15(17)22(37)33-6-3-14(36)11-33)31-20-21-30-10-18(35(21)8-5-29-20)16-12-34(7-4-28)32-19(16)23(25,26)27/h1-2,5,8-10,12,14,36H,3,6-7,11H2,(H,29,31)/t14-/m0/s1. The minimum Gasteiger partial charge on any atom is -0.391 e. The van der Waals surface area contributed by atoms with Crippen LogP contribution in [0.1, 0.15) is 22.5 Å². The number of aliphatic hydroxyl groups is 1. The predicted molar refractivity (Wildman–Crippen MR) is 126 cm³/mol. The zero-order valence-corrected chi connectivity index (χ0v) is 19.7. The molecular formula is C23H18ClF3N8O2. The molecule has 2 N–H and O–H groups in total.